The molecule has 0 aromatic carbocycles. The highest BCUT2D eigenvalue weighted by molar-refractivity contribution is 7.84. The smallest absolute Gasteiger partial charge is 0.408 e. The van der Waals surface area contributed by atoms with E-state index in [1.165, 1.54) is 19.9 Å². The Morgan fingerprint density at radius 3 is 2.45 bits per heavy atom. The Morgan fingerprint density at radius 1 is 1.33 bits per heavy atom. The number of oxime groups is 1. The van der Waals surface area contributed by atoms with Gasteiger partial charge in [-0.15, -0.1) is 11.3 Å². The maximum atomic E-state index is 12.7. The molecule has 13 nitrogen and oxygen atoms in total. The zero-order valence-electron chi connectivity index (χ0n) is 18.5. The summed E-state index contributed by atoms with van der Waals surface area (Å²) >= 11 is 1.12. The Labute approximate surface area is 194 Å². The molecule has 2 rings (SSSR count). The van der Waals surface area contributed by atoms with E-state index >= 15 is 0 Å². The molecule has 4 N–H and O–H groups in total. The normalized spacial score (nSPS) is 21.0. The van der Waals surface area contributed by atoms with Crippen LogP contribution in [0.3, 0.4) is 0 Å². The minimum absolute atomic E-state index is 0.240. The van der Waals surface area contributed by atoms with Gasteiger partial charge in [0.05, 0.1) is 17.0 Å². The Balaban J connectivity index is 2.08. The number of aliphatic hydroxyl groups excluding tert-OH is 1. The highest BCUT2D eigenvalue weighted by atomic mass is 32.2. The number of amides is 3. The Kier molecular flexibility index (Phi) is 8.05. The van der Waals surface area contributed by atoms with Crippen LogP contribution in [0.1, 0.15) is 39.5 Å². The summed E-state index contributed by atoms with van der Waals surface area (Å²) in [5, 5.41) is 20.2. The van der Waals surface area contributed by atoms with E-state index in [2.05, 4.69) is 15.8 Å². The summed E-state index contributed by atoms with van der Waals surface area (Å²) in [6.45, 7) is 7.76. The summed E-state index contributed by atoms with van der Waals surface area (Å²) in [4.78, 5) is 41.9. The van der Waals surface area contributed by atoms with E-state index in [1.54, 1.807) is 32.2 Å². The molecule has 0 spiro atoms. The zero-order chi connectivity index (χ0) is 25.1. The third-order valence-corrected chi connectivity index (χ3v) is 6.15. The molecule has 0 aliphatic carbocycles. The van der Waals surface area contributed by atoms with Gasteiger partial charge in [0.2, 0.25) is 6.29 Å². The number of carbonyl (C=O) groups is 3. The van der Waals surface area contributed by atoms with Crippen LogP contribution in [0.25, 0.3) is 0 Å². The van der Waals surface area contributed by atoms with Gasteiger partial charge >= 0.3 is 16.4 Å². The molecule has 1 saturated heterocycles. The highest BCUT2D eigenvalue weighted by Crippen LogP contribution is 2.23. The van der Waals surface area contributed by atoms with Gasteiger partial charge in [0.1, 0.15) is 11.6 Å². The number of rotatable bonds is 8. The fraction of sp³-hybridized carbons (Fsp3) is 0.556. The maximum Gasteiger partial charge on any atom is 0.408 e. The van der Waals surface area contributed by atoms with Gasteiger partial charge in [0, 0.05) is 0 Å². The number of β-lactam (4-membered cyclic amide) rings is 1. The minimum Gasteiger partial charge on any atom is -0.444 e. The van der Waals surface area contributed by atoms with Crippen LogP contribution in [0.4, 0.5) is 4.79 Å². The van der Waals surface area contributed by atoms with E-state index in [0.717, 1.165) is 11.3 Å². The third-order valence-electron chi connectivity index (χ3n) is 4.26. The monoisotopic (exact) mass is 506 g/mol. The van der Waals surface area contributed by atoms with Gasteiger partial charge in [-0.05, 0) is 46.1 Å². The largest absolute Gasteiger partial charge is 0.444 e. The molecule has 1 aliphatic rings. The number of hydrogen-bond acceptors (Lipinski definition) is 10. The summed E-state index contributed by atoms with van der Waals surface area (Å²) in [5.41, 5.74) is -1.04. The van der Waals surface area contributed by atoms with Gasteiger partial charge in [-0.1, -0.05) is 11.2 Å². The molecule has 2 heterocycles. The van der Waals surface area contributed by atoms with Gasteiger partial charge in [-0.25, -0.2) is 9.10 Å². The standard InChI is InChI=1S/C18H26N4O9S2/c1-9(19-17(26)30-18(3,4)5)16(25)31-21-13(11-7-6-8-32-11)14(23)20-12-10(2)22(15(12)24)33(27,28)29/h6-10,12,16,25H,1-5H3,(H,19,26)(H,20,23)(H,27,28,29)/b21-13-/t9?,10-,12-,16?/m0/s1. The molecular formula is C18H26N4O9S2. The summed E-state index contributed by atoms with van der Waals surface area (Å²) in [6.07, 6.45) is -2.45. The molecule has 1 aromatic rings. The van der Waals surface area contributed by atoms with Gasteiger partial charge in [-0.3, -0.25) is 14.1 Å². The van der Waals surface area contributed by atoms with E-state index in [-0.39, 0.29) is 10.0 Å². The molecule has 33 heavy (non-hydrogen) atoms. The number of nitrogens with zero attached hydrogens (tertiary/aromatic N) is 2. The second-order valence-electron chi connectivity index (χ2n) is 8.15. The molecule has 0 bridgehead atoms. The van der Waals surface area contributed by atoms with Gasteiger partial charge in [0.15, 0.2) is 5.71 Å². The summed E-state index contributed by atoms with van der Waals surface area (Å²) in [5.74, 6) is -1.89. The Morgan fingerprint density at radius 2 is 1.97 bits per heavy atom. The van der Waals surface area contributed by atoms with Crippen LogP contribution in [0, 0.1) is 0 Å². The SMILES string of the molecule is CC(NC(=O)OC(C)(C)C)C(O)O/N=C(\C(=O)N[C@@H]1C(=O)N(S(=O)(=O)O)[C@H]1C)c1cccs1. The number of nitrogens with one attached hydrogen (secondary N) is 2. The van der Waals surface area contributed by atoms with E-state index in [1.807, 2.05) is 0 Å². The van der Waals surface area contributed by atoms with Gasteiger partial charge in [-0.2, -0.15) is 8.42 Å². The molecule has 0 radical (unpaired) electrons. The average molecular weight is 507 g/mol. The number of carbonyl (C=O) groups excluding carboxylic acids is 3. The molecule has 184 valence electrons. The lowest BCUT2D eigenvalue weighted by molar-refractivity contribution is -0.144. The van der Waals surface area contributed by atoms with Crippen LogP contribution in [-0.2, 0) is 29.5 Å². The minimum atomic E-state index is -4.75. The predicted molar refractivity (Wildman–Crippen MR) is 117 cm³/mol. The second kappa shape index (κ2) is 10.0. The van der Waals surface area contributed by atoms with Crippen molar-refractivity contribution in [2.24, 2.45) is 5.16 Å². The average Bonchev–Trinajstić information content (AvgIpc) is 3.17. The molecule has 1 fully saturated rings. The molecule has 1 aromatic heterocycles. The first kappa shape index (κ1) is 26.5. The van der Waals surface area contributed by atoms with Crippen LogP contribution in [0.5, 0.6) is 0 Å². The summed E-state index contributed by atoms with van der Waals surface area (Å²) in [6, 6.07) is -0.0402. The van der Waals surface area contributed by atoms with Crippen molar-refractivity contribution in [3.8, 4) is 0 Å². The zero-order valence-corrected chi connectivity index (χ0v) is 20.1. The van der Waals surface area contributed by atoms with Crippen molar-refractivity contribution in [2.45, 2.75) is 64.6 Å². The van der Waals surface area contributed by atoms with E-state index in [0.29, 0.717) is 4.88 Å². The summed E-state index contributed by atoms with van der Waals surface area (Å²) in [7, 11) is -4.75. The topological polar surface area (TPSA) is 184 Å². The first-order valence-corrected chi connectivity index (χ1v) is 12.0. The molecule has 3 amide bonds. The van der Waals surface area contributed by atoms with Crippen LogP contribution < -0.4 is 10.6 Å². The molecular weight excluding hydrogens is 480 g/mol. The Bertz CT molecular complexity index is 1020. The lowest BCUT2D eigenvalue weighted by Crippen LogP contribution is -2.71. The fourth-order valence-corrected chi connectivity index (χ4v) is 4.27. The van der Waals surface area contributed by atoms with Crippen molar-refractivity contribution in [3.63, 3.8) is 0 Å². The number of aliphatic hydroxyl groups is 1. The van der Waals surface area contributed by atoms with Crippen LogP contribution in [0.15, 0.2) is 22.7 Å². The number of ether oxygens (including phenoxy) is 1. The van der Waals surface area contributed by atoms with Crippen molar-refractivity contribution in [1.82, 2.24) is 14.9 Å². The van der Waals surface area contributed by atoms with E-state index < -0.39 is 58.2 Å². The van der Waals surface area contributed by atoms with Gasteiger partial charge in [0.25, 0.3) is 11.8 Å². The van der Waals surface area contributed by atoms with Crippen LogP contribution in [0.2, 0.25) is 0 Å². The quantitative estimate of drug-likeness (QED) is 0.126. The predicted octanol–water partition coefficient (Wildman–Crippen LogP) is 0.219. The lowest BCUT2D eigenvalue weighted by atomic mass is 10.0. The molecule has 2 unspecified atom stereocenters. The molecule has 1 aliphatic heterocycles. The van der Waals surface area contributed by atoms with Crippen LogP contribution >= 0.6 is 11.3 Å². The number of thiophene rings is 1. The third kappa shape index (κ3) is 6.86. The second-order valence-corrected chi connectivity index (χ2v) is 10.4. The van der Waals surface area contributed by atoms with Crippen molar-refractivity contribution in [1.29, 1.82) is 0 Å². The highest BCUT2D eigenvalue weighted by Gasteiger charge is 2.51. The summed E-state index contributed by atoms with van der Waals surface area (Å²) < 4.78 is 36.8. The van der Waals surface area contributed by atoms with E-state index in [9.17, 15) is 27.9 Å². The molecule has 15 heteroatoms. The van der Waals surface area contributed by atoms with Crippen LogP contribution in [-0.4, -0.2) is 76.0 Å². The number of hydrogen-bond donors (Lipinski definition) is 4. The van der Waals surface area contributed by atoms with Crippen molar-refractivity contribution < 1.29 is 42.0 Å². The fourth-order valence-electron chi connectivity index (χ4n) is 2.69. The van der Waals surface area contributed by atoms with Crippen molar-refractivity contribution >= 4 is 45.3 Å². The molecule has 4 atom stereocenters. The first-order valence-electron chi connectivity index (χ1n) is 9.68. The maximum absolute atomic E-state index is 12.7. The molecule has 0 saturated carbocycles. The van der Waals surface area contributed by atoms with Crippen molar-refractivity contribution in [2.75, 3.05) is 0 Å². The van der Waals surface area contributed by atoms with Crippen molar-refractivity contribution in [3.05, 3.63) is 22.4 Å². The lowest BCUT2D eigenvalue weighted by Gasteiger charge is -2.42. The Hall–Kier alpha value is -2.75. The van der Waals surface area contributed by atoms with E-state index in [4.69, 9.17) is 14.1 Å². The number of alkyl carbamates (subject to hydrolysis) is 1. The van der Waals surface area contributed by atoms with Gasteiger partial charge < -0.3 is 25.3 Å². The first-order chi connectivity index (χ1) is 15.1.